The van der Waals surface area contributed by atoms with E-state index < -0.39 is 8.97 Å². The highest BCUT2D eigenvalue weighted by Crippen LogP contribution is 1.97. The van der Waals surface area contributed by atoms with E-state index in [4.69, 9.17) is 13.3 Å². The summed E-state index contributed by atoms with van der Waals surface area (Å²) < 4.78 is 14.9. The van der Waals surface area contributed by atoms with Gasteiger partial charge in [-0.3, -0.25) is 4.98 Å². The molecule has 0 heterocycles. The highest BCUT2D eigenvalue weighted by Gasteiger charge is 2.36. The van der Waals surface area contributed by atoms with Gasteiger partial charge >= 0.3 is 8.97 Å². The lowest BCUT2D eigenvalue weighted by Gasteiger charge is -2.21. The molecule has 0 rings (SSSR count). The molecule has 0 aliphatic heterocycles. The number of hydrogen-bond donors (Lipinski definition) is 1. The van der Waals surface area contributed by atoms with Crippen molar-refractivity contribution in [2.24, 2.45) is 0 Å². The molecule has 0 radical (unpaired) electrons. The molecule has 5 heteroatoms. The fraction of sp³-hybridized carbons (Fsp3) is 1.00. The normalized spacial score (nSPS) is 12.0. The third-order valence-electron chi connectivity index (χ3n) is 1.11. The molecule has 0 aliphatic carbocycles. The van der Waals surface area contributed by atoms with Gasteiger partial charge < -0.3 is 13.3 Å². The van der Waals surface area contributed by atoms with Gasteiger partial charge in [0.15, 0.2) is 0 Å². The van der Waals surface area contributed by atoms with Crippen LogP contribution in [-0.2, 0) is 13.3 Å². The molecular weight excluding hydrogens is 138 g/mol. The molecule has 0 bridgehead atoms. The molecule has 0 aromatic heterocycles. The topological polar surface area (TPSA) is 39.7 Å². The second-order valence-electron chi connectivity index (χ2n) is 1.42. The van der Waals surface area contributed by atoms with Crippen LogP contribution in [0.1, 0.15) is 0 Å². The van der Waals surface area contributed by atoms with Crippen molar-refractivity contribution >= 4 is 8.97 Å². The van der Waals surface area contributed by atoms with Crippen molar-refractivity contribution in [1.29, 1.82) is 0 Å². The van der Waals surface area contributed by atoms with Gasteiger partial charge in [0, 0.05) is 21.3 Å². The summed E-state index contributed by atoms with van der Waals surface area (Å²) in [7, 11) is 3.95. The van der Waals surface area contributed by atoms with E-state index >= 15 is 0 Å². The first-order valence-corrected chi connectivity index (χ1v) is 4.31. The lowest BCUT2D eigenvalue weighted by atomic mass is 11.6. The molecule has 4 nitrogen and oxygen atoms in total. The third-order valence-corrected chi connectivity index (χ3v) is 3.34. The van der Waals surface area contributed by atoms with Crippen molar-refractivity contribution < 1.29 is 13.3 Å². The Morgan fingerprint density at radius 2 is 1.33 bits per heavy atom. The van der Waals surface area contributed by atoms with Gasteiger partial charge in [0.1, 0.15) is 0 Å². The third kappa shape index (κ3) is 2.03. The summed E-state index contributed by atoms with van der Waals surface area (Å²) in [4.78, 5) is 2.84. The minimum Gasteiger partial charge on any atom is -0.364 e. The Kier molecular flexibility index (Phi) is 3.99. The molecule has 9 heavy (non-hydrogen) atoms. The minimum atomic E-state index is -2.44. The summed E-state index contributed by atoms with van der Waals surface area (Å²) in [6, 6.07) is 0. The van der Waals surface area contributed by atoms with Gasteiger partial charge in [0.2, 0.25) is 0 Å². The Hall–Kier alpha value is 0.0569. The predicted molar refractivity (Wildman–Crippen MR) is 35.8 cm³/mol. The van der Waals surface area contributed by atoms with Crippen LogP contribution in [-0.4, -0.2) is 37.3 Å². The Bertz CT molecular complexity index is 58.7. The molecular formula is C4H13NO3Si. The van der Waals surface area contributed by atoms with Crippen molar-refractivity contribution in [2.45, 2.75) is 0 Å². The minimum absolute atomic E-state index is 1.55. The molecule has 0 aliphatic rings. The average molecular weight is 151 g/mol. The lowest BCUT2D eigenvalue weighted by molar-refractivity contribution is 0.113. The SMILES string of the molecule is CN[Si](OC)(OC)OC. The maximum atomic E-state index is 4.97. The molecule has 1 N–H and O–H groups in total. The van der Waals surface area contributed by atoms with Gasteiger partial charge in [0.05, 0.1) is 0 Å². The van der Waals surface area contributed by atoms with Gasteiger partial charge in [-0.25, -0.2) is 0 Å². The van der Waals surface area contributed by atoms with E-state index in [9.17, 15) is 0 Å². The first kappa shape index (κ1) is 9.06. The lowest BCUT2D eigenvalue weighted by Crippen LogP contribution is -2.55. The fourth-order valence-corrected chi connectivity index (χ4v) is 1.67. The first-order valence-electron chi connectivity index (χ1n) is 2.59. The van der Waals surface area contributed by atoms with Crippen LogP contribution in [0.4, 0.5) is 0 Å². The van der Waals surface area contributed by atoms with E-state index in [1.807, 2.05) is 0 Å². The zero-order chi connectivity index (χ0) is 7.33. The van der Waals surface area contributed by atoms with Gasteiger partial charge in [-0.2, -0.15) is 0 Å². The number of hydrogen-bond acceptors (Lipinski definition) is 4. The monoisotopic (exact) mass is 151 g/mol. The molecule has 56 valence electrons. The standard InChI is InChI=1S/C4H13NO3Si/c1-5-9(6-2,7-3)8-4/h5H,1-4H3. The number of nitrogens with one attached hydrogen (secondary N) is 1. The van der Waals surface area contributed by atoms with Crippen LogP contribution in [0.3, 0.4) is 0 Å². The highest BCUT2D eigenvalue weighted by molar-refractivity contribution is 6.57. The van der Waals surface area contributed by atoms with Crippen molar-refractivity contribution in [3.8, 4) is 0 Å². The van der Waals surface area contributed by atoms with Crippen LogP contribution >= 0.6 is 0 Å². The van der Waals surface area contributed by atoms with E-state index in [1.165, 1.54) is 0 Å². The van der Waals surface area contributed by atoms with E-state index in [0.717, 1.165) is 0 Å². The molecule has 0 saturated carbocycles. The highest BCUT2D eigenvalue weighted by atomic mass is 28.4. The Morgan fingerprint density at radius 3 is 1.33 bits per heavy atom. The summed E-state index contributed by atoms with van der Waals surface area (Å²) in [5.41, 5.74) is 0. The van der Waals surface area contributed by atoms with Crippen LogP contribution in [0.2, 0.25) is 0 Å². The van der Waals surface area contributed by atoms with Crippen LogP contribution in [0.5, 0.6) is 0 Å². The zero-order valence-corrected chi connectivity index (χ0v) is 7.22. The molecule has 0 saturated heterocycles. The maximum Gasteiger partial charge on any atom is 0.595 e. The zero-order valence-electron chi connectivity index (χ0n) is 6.22. The summed E-state index contributed by atoms with van der Waals surface area (Å²) in [6.07, 6.45) is 0. The molecule has 0 atom stereocenters. The average Bonchev–Trinajstić information content (AvgIpc) is 1.95. The van der Waals surface area contributed by atoms with Gasteiger partial charge in [-0.05, 0) is 7.05 Å². The fourth-order valence-electron chi connectivity index (χ4n) is 0.556. The second-order valence-corrected chi connectivity index (χ2v) is 4.26. The van der Waals surface area contributed by atoms with Crippen LogP contribution in [0, 0.1) is 0 Å². The molecule has 0 amide bonds. The van der Waals surface area contributed by atoms with Gasteiger partial charge in [-0.15, -0.1) is 0 Å². The van der Waals surface area contributed by atoms with Crippen molar-refractivity contribution in [3.63, 3.8) is 0 Å². The van der Waals surface area contributed by atoms with E-state index in [2.05, 4.69) is 4.98 Å². The molecule has 0 unspecified atom stereocenters. The van der Waals surface area contributed by atoms with E-state index in [-0.39, 0.29) is 0 Å². The largest absolute Gasteiger partial charge is 0.595 e. The Labute approximate surface area is 56.6 Å². The van der Waals surface area contributed by atoms with E-state index in [0.29, 0.717) is 0 Å². The summed E-state index contributed by atoms with van der Waals surface area (Å²) in [5.74, 6) is 0. The summed E-state index contributed by atoms with van der Waals surface area (Å²) in [6.45, 7) is 0. The Balaban J connectivity index is 3.82. The Morgan fingerprint density at radius 1 is 1.00 bits per heavy atom. The predicted octanol–water partition coefficient (Wildman–Crippen LogP) is -0.419. The second kappa shape index (κ2) is 3.97. The molecule has 0 aromatic rings. The summed E-state index contributed by atoms with van der Waals surface area (Å²) in [5, 5.41) is 0. The van der Waals surface area contributed by atoms with Gasteiger partial charge in [0.25, 0.3) is 0 Å². The molecule has 0 spiro atoms. The van der Waals surface area contributed by atoms with Crippen LogP contribution in [0.25, 0.3) is 0 Å². The molecule has 0 fully saturated rings. The first-order chi connectivity index (χ1) is 4.24. The molecule has 0 aromatic carbocycles. The van der Waals surface area contributed by atoms with Crippen LogP contribution in [0.15, 0.2) is 0 Å². The van der Waals surface area contributed by atoms with Gasteiger partial charge in [-0.1, -0.05) is 0 Å². The quantitative estimate of drug-likeness (QED) is 0.554. The number of rotatable bonds is 4. The van der Waals surface area contributed by atoms with Crippen LogP contribution < -0.4 is 4.98 Å². The van der Waals surface area contributed by atoms with Crippen molar-refractivity contribution in [1.82, 2.24) is 4.98 Å². The summed E-state index contributed by atoms with van der Waals surface area (Å²) >= 11 is 0. The smallest absolute Gasteiger partial charge is 0.364 e. The maximum absolute atomic E-state index is 4.97. The van der Waals surface area contributed by atoms with Crippen molar-refractivity contribution in [3.05, 3.63) is 0 Å². The van der Waals surface area contributed by atoms with E-state index in [1.54, 1.807) is 28.4 Å². The van der Waals surface area contributed by atoms with Crippen molar-refractivity contribution in [2.75, 3.05) is 28.4 Å².